The molecule has 19 heavy (non-hydrogen) atoms. The second kappa shape index (κ2) is 6.53. The predicted molar refractivity (Wildman–Crippen MR) is 82.1 cm³/mol. The van der Waals surface area contributed by atoms with E-state index in [1.54, 1.807) is 0 Å². The van der Waals surface area contributed by atoms with Crippen molar-refractivity contribution in [1.29, 1.82) is 0 Å². The molecule has 0 radical (unpaired) electrons. The third-order valence-corrected chi connectivity index (χ3v) is 4.46. The van der Waals surface area contributed by atoms with E-state index in [0.29, 0.717) is 6.04 Å². The first-order valence-corrected chi connectivity index (χ1v) is 7.64. The highest BCUT2D eigenvalue weighted by Crippen LogP contribution is 2.24. The van der Waals surface area contributed by atoms with Gasteiger partial charge in [0.25, 0.3) is 0 Å². The topological polar surface area (TPSA) is 29.3 Å². The Morgan fingerprint density at radius 2 is 1.68 bits per heavy atom. The molecule has 1 saturated carbocycles. The zero-order valence-electron chi connectivity index (χ0n) is 12.4. The van der Waals surface area contributed by atoms with Crippen LogP contribution in [0.4, 0.5) is 0 Å². The largest absolute Gasteiger partial charge is 0.321 e. The van der Waals surface area contributed by atoms with Crippen molar-refractivity contribution in [3.63, 3.8) is 0 Å². The summed E-state index contributed by atoms with van der Waals surface area (Å²) in [5.74, 6) is 0. The minimum atomic E-state index is -0.262. The van der Waals surface area contributed by atoms with Crippen LogP contribution in [0.1, 0.15) is 51.0 Å². The van der Waals surface area contributed by atoms with Crippen molar-refractivity contribution in [2.24, 2.45) is 5.73 Å². The summed E-state index contributed by atoms with van der Waals surface area (Å²) >= 11 is 0. The smallest absolute Gasteiger partial charge is 0.0509 e. The van der Waals surface area contributed by atoms with Crippen molar-refractivity contribution < 1.29 is 0 Å². The lowest BCUT2D eigenvalue weighted by Gasteiger charge is -2.35. The van der Waals surface area contributed by atoms with E-state index >= 15 is 0 Å². The third-order valence-electron chi connectivity index (χ3n) is 4.46. The lowest BCUT2D eigenvalue weighted by molar-refractivity contribution is 0.179. The SMILES string of the molecule is CN(CC(C)(N)c1ccccc1)C1CCCCCC1. The van der Waals surface area contributed by atoms with Gasteiger partial charge in [-0.3, -0.25) is 0 Å². The molecule has 0 saturated heterocycles. The quantitative estimate of drug-likeness (QED) is 0.839. The van der Waals surface area contributed by atoms with E-state index in [2.05, 4.69) is 49.2 Å². The van der Waals surface area contributed by atoms with Gasteiger partial charge >= 0.3 is 0 Å². The summed E-state index contributed by atoms with van der Waals surface area (Å²) in [6.07, 6.45) is 8.23. The Morgan fingerprint density at radius 3 is 2.26 bits per heavy atom. The van der Waals surface area contributed by atoms with Crippen LogP contribution in [0.2, 0.25) is 0 Å². The molecule has 1 aliphatic rings. The number of benzene rings is 1. The molecule has 0 aliphatic heterocycles. The molecule has 1 aromatic carbocycles. The van der Waals surface area contributed by atoms with Gasteiger partial charge in [-0.1, -0.05) is 56.0 Å². The Morgan fingerprint density at radius 1 is 1.11 bits per heavy atom. The highest BCUT2D eigenvalue weighted by atomic mass is 15.1. The Kier molecular flexibility index (Phi) is 5.00. The van der Waals surface area contributed by atoms with Gasteiger partial charge in [-0.05, 0) is 32.4 Å². The fraction of sp³-hybridized carbons (Fsp3) is 0.647. The molecule has 106 valence electrons. The van der Waals surface area contributed by atoms with Gasteiger partial charge < -0.3 is 10.6 Å². The third kappa shape index (κ3) is 4.05. The first-order chi connectivity index (χ1) is 9.09. The maximum Gasteiger partial charge on any atom is 0.0509 e. The first kappa shape index (κ1) is 14.5. The van der Waals surface area contributed by atoms with E-state index in [1.165, 1.54) is 44.1 Å². The minimum Gasteiger partial charge on any atom is -0.321 e. The number of rotatable bonds is 4. The molecule has 0 bridgehead atoms. The Balaban J connectivity index is 1.98. The van der Waals surface area contributed by atoms with Gasteiger partial charge in [0.1, 0.15) is 0 Å². The maximum absolute atomic E-state index is 6.54. The van der Waals surface area contributed by atoms with Crippen LogP contribution in [-0.2, 0) is 5.54 Å². The van der Waals surface area contributed by atoms with Crippen LogP contribution in [0.15, 0.2) is 30.3 Å². The molecule has 1 aliphatic carbocycles. The Hall–Kier alpha value is -0.860. The molecule has 1 atom stereocenters. The van der Waals surface area contributed by atoms with Crippen molar-refractivity contribution >= 4 is 0 Å². The van der Waals surface area contributed by atoms with Gasteiger partial charge in [-0.25, -0.2) is 0 Å². The normalized spacial score (nSPS) is 21.1. The van der Waals surface area contributed by atoms with Crippen LogP contribution in [0.25, 0.3) is 0 Å². The lowest BCUT2D eigenvalue weighted by Crippen LogP contribution is -2.47. The Bertz CT molecular complexity index is 364. The van der Waals surface area contributed by atoms with E-state index in [1.807, 2.05) is 0 Å². The van der Waals surface area contributed by atoms with Gasteiger partial charge in [0.05, 0.1) is 5.54 Å². The van der Waals surface area contributed by atoms with Crippen LogP contribution in [0.5, 0.6) is 0 Å². The molecular formula is C17H28N2. The van der Waals surface area contributed by atoms with Crippen LogP contribution in [0, 0.1) is 0 Å². The summed E-state index contributed by atoms with van der Waals surface area (Å²) in [4.78, 5) is 2.48. The molecule has 0 amide bonds. The molecule has 2 nitrogen and oxygen atoms in total. The molecule has 0 spiro atoms. The maximum atomic E-state index is 6.54. The summed E-state index contributed by atoms with van der Waals surface area (Å²) < 4.78 is 0. The van der Waals surface area contributed by atoms with Gasteiger partial charge in [0.2, 0.25) is 0 Å². The molecular weight excluding hydrogens is 232 g/mol. The summed E-state index contributed by atoms with van der Waals surface area (Å²) in [6.45, 7) is 3.08. The molecule has 2 rings (SSSR count). The highest BCUT2D eigenvalue weighted by Gasteiger charge is 2.26. The van der Waals surface area contributed by atoms with E-state index < -0.39 is 0 Å². The van der Waals surface area contributed by atoms with Crippen LogP contribution < -0.4 is 5.73 Å². The van der Waals surface area contributed by atoms with Gasteiger partial charge in [0.15, 0.2) is 0 Å². The standard InChI is InChI=1S/C17H28N2/c1-17(18,15-10-6-5-7-11-15)14-19(2)16-12-8-3-4-9-13-16/h5-7,10-11,16H,3-4,8-9,12-14,18H2,1-2H3. The second-order valence-electron chi connectivity index (χ2n) is 6.34. The molecule has 2 N–H and O–H groups in total. The number of hydrogen-bond donors (Lipinski definition) is 1. The predicted octanol–water partition coefficient (Wildman–Crippen LogP) is 3.52. The fourth-order valence-electron chi connectivity index (χ4n) is 3.26. The summed E-state index contributed by atoms with van der Waals surface area (Å²) in [6, 6.07) is 11.2. The van der Waals surface area contributed by atoms with Crippen LogP contribution in [0.3, 0.4) is 0 Å². The van der Waals surface area contributed by atoms with E-state index in [9.17, 15) is 0 Å². The molecule has 1 aromatic rings. The molecule has 1 unspecified atom stereocenters. The minimum absolute atomic E-state index is 0.262. The number of nitrogens with zero attached hydrogens (tertiary/aromatic N) is 1. The lowest BCUT2D eigenvalue weighted by atomic mass is 9.92. The van der Waals surface area contributed by atoms with Gasteiger partial charge in [-0.2, -0.15) is 0 Å². The average molecular weight is 260 g/mol. The van der Waals surface area contributed by atoms with Crippen LogP contribution in [-0.4, -0.2) is 24.5 Å². The highest BCUT2D eigenvalue weighted by molar-refractivity contribution is 5.23. The summed E-state index contributed by atoms with van der Waals surface area (Å²) in [7, 11) is 2.24. The molecule has 0 aromatic heterocycles. The Labute approximate surface area is 118 Å². The first-order valence-electron chi connectivity index (χ1n) is 7.64. The summed E-state index contributed by atoms with van der Waals surface area (Å²) in [5, 5.41) is 0. The molecule has 2 heteroatoms. The van der Waals surface area contributed by atoms with Crippen molar-refractivity contribution in [2.75, 3.05) is 13.6 Å². The van der Waals surface area contributed by atoms with E-state index in [-0.39, 0.29) is 5.54 Å². The second-order valence-corrected chi connectivity index (χ2v) is 6.34. The van der Waals surface area contributed by atoms with Crippen molar-refractivity contribution in [3.8, 4) is 0 Å². The van der Waals surface area contributed by atoms with Crippen molar-refractivity contribution in [2.45, 2.75) is 57.0 Å². The zero-order chi connectivity index (χ0) is 13.7. The molecule has 1 fully saturated rings. The zero-order valence-corrected chi connectivity index (χ0v) is 12.4. The van der Waals surface area contributed by atoms with Crippen molar-refractivity contribution in [3.05, 3.63) is 35.9 Å². The number of hydrogen-bond acceptors (Lipinski definition) is 2. The average Bonchev–Trinajstić information content (AvgIpc) is 2.68. The monoisotopic (exact) mass is 260 g/mol. The number of likely N-dealkylation sites (N-methyl/N-ethyl adjacent to an activating group) is 1. The van der Waals surface area contributed by atoms with Crippen molar-refractivity contribution in [1.82, 2.24) is 4.90 Å². The molecule has 0 heterocycles. The van der Waals surface area contributed by atoms with Gasteiger partial charge in [0, 0.05) is 12.6 Å². The van der Waals surface area contributed by atoms with Crippen LogP contribution >= 0.6 is 0 Å². The van der Waals surface area contributed by atoms with Gasteiger partial charge in [-0.15, -0.1) is 0 Å². The van der Waals surface area contributed by atoms with E-state index in [0.717, 1.165) is 6.54 Å². The van der Waals surface area contributed by atoms with E-state index in [4.69, 9.17) is 5.73 Å². The number of nitrogens with two attached hydrogens (primary N) is 1. The summed E-state index contributed by atoms with van der Waals surface area (Å²) in [5.41, 5.74) is 7.51. The fourth-order valence-corrected chi connectivity index (χ4v) is 3.26.